The Morgan fingerprint density at radius 2 is 1.83 bits per heavy atom. The summed E-state index contributed by atoms with van der Waals surface area (Å²) in [6.45, 7) is 6.16. The van der Waals surface area contributed by atoms with Crippen molar-refractivity contribution in [3.63, 3.8) is 0 Å². The Bertz CT molecular complexity index is 941. The highest BCUT2D eigenvalue weighted by Crippen LogP contribution is 2.35. The van der Waals surface area contributed by atoms with Gasteiger partial charge in [-0.05, 0) is 56.2 Å². The highest BCUT2D eigenvalue weighted by Gasteiger charge is 2.19. The van der Waals surface area contributed by atoms with Crippen molar-refractivity contribution in [1.82, 2.24) is 0 Å². The van der Waals surface area contributed by atoms with Crippen molar-refractivity contribution in [3.8, 4) is 17.1 Å². The molecule has 3 rings (SSSR count). The van der Waals surface area contributed by atoms with Gasteiger partial charge in [0, 0.05) is 5.56 Å². The predicted molar refractivity (Wildman–Crippen MR) is 93.6 cm³/mol. The van der Waals surface area contributed by atoms with Crippen molar-refractivity contribution < 1.29 is 9.15 Å². The van der Waals surface area contributed by atoms with Crippen molar-refractivity contribution in [2.24, 2.45) is 0 Å². The number of fused-ring (bicyclic) bond motifs is 1. The average molecular weight is 329 g/mol. The summed E-state index contributed by atoms with van der Waals surface area (Å²) in [5.41, 5.74) is 3.12. The molecule has 0 bridgehead atoms. The zero-order chi connectivity index (χ0) is 16.6. The number of aryl methyl sites for hydroxylation is 2. The van der Waals surface area contributed by atoms with Crippen LogP contribution in [0.25, 0.3) is 22.3 Å². The van der Waals surface area contributed by atoms with E-state index in [0.717, 1.165) is 11.1 Å². The SMILES string of the molecule is CCOc1c(-c2ccccc2Cl)oc2cc(C)c(C)cc2c1=O. The minimum atomic E-state index is -0.175. The monoisotopic (exact) mass is 328 g/mol. The number of halogens is 1. The van der Waals surface area contributed by atoms with Gasteiger partial charge in [-0.15, -0.1) is 0 Å². The predicted octanol–water partition coefficient (Wildman–Crippen LogP) is 5.13. The molecule has 118 valence electrons. The van der Waals surface area contributed by atoms with Gasteiger partial charge in [0.05, 0.1) is 17.0 Å². The van der Waals surface area contributed by atoms with Crippen LogP contribution in [0.5, 0.6) is 5.75 Å². The van der Waals surface area contributed by atoms with E-state index in [2.05, 4.69) is 0 Å². The minimum Gasteiger partial charge on any atom is -0.487 e. The van der Waals surface area contributed by atoms with Gasteiger partial charge in [0.15, 0.2) is 5.76 Å². The second-order valence-corrected chi connectivity index (χ2v) is 5.84. The van der Waals surface area contributed by atoms with Crippen LogP contribution in [-0.4, -0.2) is 6.61 Å². The third-order valence-corrected chi connectivity index (χ3v) is 4.20. The molecule has 0 aliphatic carbocycles. The first-order chi connectivity index (χ1) is 11.0. The summed E-state index contributed by atoms with van der Waals surface area (Å²) in [5, 5.41) is 1.03. The van der Waals surface area contributed by atoms with E-state index in [9.17, 15) is 4.79 Å². The van der Waals surface area contributed by atoms with Crippen LogP contribution >= 0.6 is 11.6 Å². The van der Waals surface area contributed by atoms with Gasteiger partial charge in [0.1, 0.15) is 5.58 Å². The van der Waals surface area contributed by atoms with Crippen LogP contribution in [-0.2, 0) is 0 Å². The van der Waals surface area contributed by atoms with E-state index in [1.807, 2.05) is 51.1 Å². The topological polar surface area (TPSA) is 39.4 Å². The van der Waals surface area contributed by atoms with Crippen LogP contribution < -0.4 is 10.2 Å². The Morgan fingerprint density at radius 1 is 1.13 bits per heavy atom. The lowest BCUT2D eigenvalue weighted by Gasteiger charge is -2.12. The zero-order valence-electron chi connectivity index (χ0n) is 13.3. The molecule has 4 heteroatoms. The lowest BCUT2D eigenvalue weighted by molar-refractivity contribution is 0.330. The van der Waals surface area contributed by atoms with Crippen LogP contribution in [0.3, 0.4) is 0 Å². The molecular weight excluding hydrogens is 312 g/mol. The summed E-state index contributed by atoms with van der Waals surface area (Å²) in [6.07, 6.45) is 0. The van der Waals surface area contributed by atoms with Crippen LogP contribution in [0.15, 0.2) is 45.6 Å². The summed E-state index contributed by atoms with van der Waals surface area (Å²) in [7, 11) is 0. The third-order valence-electron chi connectivity index (χ3n) is 3.87. The molecule has 23 heavy (non-hydrogen) atoms. The van der Waals surface area contributed by atoms with E-state index in [1.165, 1.54) is 0 Å². The number of ether oxygens (including phenoxy) is 1. The maximum Gasteiger partial charge on any atom is 0.235 e. The summed E-state index contributed by atoms with van der Waals surface area (Å²) in [6, 6.07) is 11.0. The molecule has 0 amide bonds. The largest absolute Gasteiger partial charge is 0.487 e. The van der Waals surface area contributed by atoms with Crippen LogP contribution in [0.2, 0.25) is 5.02 Å². The fourth-order valence-corrected chi connectivity index (χ4v) is 2.75. The van der Waals surface area contributed by atoms with Gasteiger partial charge in [-0.25, -0.2) is 0 Å². The highest BCUT2D eigenvalue weighted by atomic mass is 35.5. The summed E-state index contributed by atoms with van der Waals surface area (Å²) < 4.78 is 11.6. The van der Waals surface area contributed by atoms with Gasteiger partial charge in [0.25, 0.3) is 0 Å². The molecule has 3 aromatic rings. The van der Waals surface area contributed by atoms with E-state index in [4.69, 9.17) is 20.8 Å². The number of benzene rings is 2. The maximum absolute atomic E-state index is 12.9. The van der Waals surface area contributed by atoms with Gasteiger partial charge in [-0.2, -0.15) is 0 Å². The quantitative estimate of drug-likeness (QED) is 0.669. The van der Waals surface area contributed by atoms with Crippen molar-refractivity contribution in [2.75, 3.05) is 6.61 Å². The number of rotatable bonds is 3. The molecule has 0 fully saturated rings. The van der Waals surface area contributed by atoms with Crippen LogP contribution in [0.4, 0.5) is 0 Å². The van der Waals surface area contributed by atoms with E-state index in [1.54, 1.807) is 6.07 Å². The van der Waals surface area contributed by atoms with Crippen molar-refractivity contribution in [2.45, 2.75) is 20.8 Å². The summed E-state index contributed by atoms with van der Waals surface area (Å²) >= 11 is 6.27. The van der Waals surface area contributed by atoms with Crippen molar-refractivity contribution in [1.29, 1.82) is 0 Å². The molecule has 2 aromatic carbocycles. The molecule has 0 atom stereocenters. The minimum absolute atomic E-state index is 0.175. The van der Waals surface area contributed by atoms with Gasteiger partial charge < -0.3 is 9.15 Å². The fraction of sp³-hybridized carbons (Fsp3) is 0.211. The number of hydrogen-bond acceptors (Lipinski definition) is 3. The molecule has 0 spiro atoms. The first-order valence-electron chi connectivity index (χ1n) is 7.48. The van der Waals surface area contributed by atoms with Gasteiger partial charge >= 0.3 is 0 Å². The normalized spacial score (nSPS) is 11.0. The van der Waals surface area contributed by atoms with E-state index < -0.39 is 0 Å². The third kappa shape index (κ3) is 2.73. The molecule has 0 N–H and O–H groups in total. The summed E-state index contributed by atoms with van der Waals surface area (Å²) in [4.78, 5) is 12.9. The van der Waals surface area contributed by atoms with Crippen LogP contribution in [0, 0.1) is 13.8 Å². The molecular formula is C19H17ClO3. The number of hydrogen-bond donors (Lipinski definition) is 0. The fourth-order valence-electron chi connectivity index (χ4n) is 2.53. The highest BCUT2D eigenvalue weighted by molar-refractivity contribution is 6.33. The second kappa shape index (κ2) is 6.09. The Balaban J connectivity index is 2.41. The smallest absolute Gasteiger partial charge is 0.235 e. The van der Waals surface area contributed by atoms with Gasteiger partial charge in [-0.3, -0.25) is 4.79 Å². The zero-order valence-corrected chi connectivity index (χ0v) is 14.0. The lowest BCUT2D eigenvalue weighted by atomic mass is 10.0. The molecule has 1 aromatic heterocycles. The maximum atomic E-state index is 12.9. The van der Waals surface area contributed by atoms with Crippen LogP contribution in [0.1, 0.15) is 18.1 Å². The first-order valence-corrected chi connectivity index (χ1v) is 7.86. The molecule has 3 nitrogen and oxygen atoms in total. The Morgan fingerprint density at radius 3 is 2.52 bits per heavy atom. The molecule has 0 saturated heterocycles. The molecule has 0 radical (unpaired) electrons. The van der Waals surface area contributed by atoms with Gasteiger partial charge in [0.2, 0.25) is 11.2 Å². The second-order valence-electron chi connectivity index (χ2n) is 5.43. The standard InChI is InChI=1S/C19H17ClO3/c1-4-22-19-17(21)14-9-11(2)12(3)10-16(14)23-18(19)13-7-5-6-8-15(13)20/h5-10H,4H2,1-3H3. The van der Waals surface area contributed by atoms with E-state index in [0.29, 0.717) is 33.9 Å². The van der Waals surface area contributed by atoms with Crippen molar-refractivity contribution >= 4 is 22.6 Å². The Labute approximate surface area is 139 Å². The molecule has 0 aliphatic rings. The molecule has 0 unspecified atom stereocenters. The first kappa shape index (κ1) is 15.6. The molecule has 0 saturated carbocycles. The Hall–Kier alpha value is -2.26. The lowest BCUT2D eigenvalue weighted by Crippen LogP contribution is -2.10. The molecule has 0 aliphatic heterocycles. The average Bonchev–Trinajstić information content (AvgIpc) is 2.53. The van der Waals surface area contributed by atoms with Crippen molar-refractivity contribution in [3.05, 3.63) is 62.8 Å². The summed E-state index contributed by atoms with van der Waals surface area (Å²) in [5.74, 6) is 0.578. The van der Waals surface area contributed by atoms with E-state index in [-0.39, 0.29) is 11.2 Å². The molecule has 1 heterocycles. The van der Waals surface area contributed by atoms with Gasteiger partial charge in [-0.1, -0.05) is 23.7 Å². The Kier molecular flexibility index (Phi) is 4.14. The van der Waals surface area contributed by atoms with E-state index >= 15 is 0 Å².